The van der Waals surface area contributed by atoms with Gasteiger partial charge >= 0.3 is 0 Å². The first-order valence-corrected chi connectivity index (χ1v) is 7.37. The van der Waals surface area contributed by atoms with Crippen molar-refractivity contribution in [1.29, 1.82) is 0 Å². The van der Waals surface area contributed by atoms with Gasteiger partial charge in [0.05, 0.1) is 0 Å². The third-order valence-electron chi connectivity index (χ3n) is 3.41. The SMILES string of the molecule is Clc1cccc(Nc2ncnc3onc(-c4ccccc4)c23)c1. The largest absolute Gasteiger partial charge is 0.339 e. The lowest BCUT2D eigenvalue weighted by atomic mass is 10.1. The minimum atomic E-state index is 0.434. The molecule has 0 spiro atoms. The van der Waals surface area contributed by atoms with Crippen molar-refractivity contribution in [1.82, 2.24) is 15.1 Å². The van der Waals surface area contributed by atoms with Crippen LogP contribution in [0.3, 0.4) is 0 Å². The van der Waals surface area contributed by atoms with Gasteiger partial charge in [-0.15, -0.1) is 0 Å². The Balaban J connectivity index is 1.85. The molecular formula is C17H11ClN4O. The highest BCUT2D eigenvalue weighted by atomic mass is 35.5. The van der Waals surface area contributed by atoms with Gasteiger partial charge in [-0.25, -0.2) is 4.98 Å². The third-order valence-corrected chi connectivity index (χ3v) is 3.64. The van der Waals surface area contributed by atoms with E-state index in [1.54, 1.807) is 0 Å². The molecule has 0 fully saturated rings. The lowest BCUT2D eigenvalue weighted by molar-refractivity contribution is 0.451. The van der Waals surface area contributed by atoms with Crippen molar-refractivity contribution in [2.75, 3.05) is 5.32 Å². The quantitative estimate of drug-likeness (QED) is 0.593. The molecule has 2 aromatic carbocycles. The van der Waals surface area contributed by atoms with Crippen LogP contribution in [0.4, 0.5) is 11.5 Å². The fraction of sp³-hybridized carbons (Fsp3) is 0. The van der Waals surface area contributed by atoms with E-state index < -0.39 is 0 Å². The van der Waals surface area contributed by atoms with Crippen LogP contribution < -0.4 is 5.32 Å². The maximum atomic E-state index is 6.03. The molecule has 0 unspecified atom stereocenters. The van der Waals surface area contributed by atoms with E-state index in [1.165, 1.54) is 6.33 Å². The van der Waals surface area contributed by atoms with Crippen LogP contribution in [0.25, 0.3) is 22.4 Å². The zero-order valence-electron chi connectivity index (χ0n) is 11.9. The van der Waals surface area contributed by atoms with E-state index in [-0.39, 0.29) is 0 Å². The molecule has 4 aromatic rings. The van der Waals surface area contributed by atoms with Crippen molar-refractivity contribution in [3.63, 3.8) is 0 Å². The summed E-state index contributed by atoms with van der Waals surface area (Å²) in [5.41, 5.74) is 2.90. The van der Waals surface area contributed by atoms with Crippen molar-refractivity contribution in [2.45, 2.75) is 0 Å². The summed E-state index contributed by atoms with van der Waals surface area (Å²) >= 11 is 6.03. The van der Waals surface area contributed by atoms with Crippen molar-refractivity contribution < 1.29 is 4.52 Å². The van der Waals surface area contributed by atoms with Gasteiger partial charge in [0.25, 0.3) is 5.71 Å². The third kappa shape index (κ3) is 2.62. The minimum Gasteiger partial charge on any atom is -0.339 e. The monoisotopic (exact) mass is 322 g/mol. The zero-order chi connectivity index (χ0) is 15.6. The molecule has 2 heterocycles. The summed E-state index contributed by atoms with van der Waals surface area (Å²) in [6.07, 6.45) is 1.44. The number of nitrogens with one attached hydrogen (secondary N) is 1. The number of fused-ring (bicyclic) bond motifs is 1. The maximum Gasteiger partial charge on any atom is 0.263 e. The summed E-state index contributed by atoms with van der Waals surface area (Å²) in [7, 11) is 0. The molecule has 0 amide bonds. The van der Waals surface area contributed by atoms with Crippen molar-refractivity contribution >= 4 is 34.2 Å². The van der Waals surface area contributed by atoms with Gasteiger partial charge in [-0.05, 0) is 18.2 Å². The predicted molar refractivity (Wildman–Crippen MR) is 89.8 cm³/mol. The van der Waals surface area contributed by atoms with Gasteiger partial charge in [0.1, 0.15) is 23.2 Å². The highest BCUT2D eigenvalue weighted by Crippen LogP contribution is 2.32. The molecule has 112 valence electrons. The lowest BCUT2D eigenvalue weighted by Gasteiger charge is -2.07. The summed E-state index contributed by atoms with van der Waals surface area (Å²) < 4.78 is 5.34. The number of hydrogen-bond donors (Lipinski definition) is 1. The number of rotatable bonds is 3. The second-order valence-corrected chi connectivity index (χ2v) is 5.37. The highest BCUT2D eigenvalue weighted by molar-refractivity contribution is 6.30. The van der Waals surface area contributed by atoms with Gasteiger partial charge in [-0.1, -0.05) is 53.2 Å². The van der Waals surface area contributed by atoms with E-state index in [2.05, 4.69) is 20.4 Å². The van der Waals surface area contributed by atoms with Crippen molar-refractivity contribution in [2.24, 2.45) is 0 Å². The topological polar surface area (TPSA) is 63.8 Å². The van der Waals surface area contributed by atoms with E-state index in [0.29, 0.717) is 22.2 Å². The van der Waals surface area contributed by atoms with Crippen LogP contribution in [0.1, 0.15) is 0 Å². The number of hydrogen-bond acceptors (Lipinski definition) is 5. The first kappa shape index (κ1) is 13.7. The van der Waals surface area contributed by atoms with Crippen LogP contribution in [0.15, 0.2) is 65.4 Å². The molecule has 6 heteroatoms. The Labute approximate surface area is 136 Å². The summed E-state index contributed by atoms with van der Waals surface area (Å²) in [5, 5.41) is 8.77. The second-order valence-electron chi connectivity index (χ2n) is 4.93. The van der Waals surface area contributed by atoms with Crippen LogP contribution >= 0.6 is 11.6 Å². The molecule has 0 radical (unpaired) electrons. The Morgan fingerprint density at radius 2 is 1.83 bits per heavy atom. The van der Waals surface area contributed by atoms with Crippen LogP contribution in [0.2, 0.25) is 5.02 Å². The van der Waals surface area contributed by atoms with Gasteiger partial charge in [0, 0.05) is 16.3 Å². The highest BCUT2D eigenvalue weighted by Gasteiger charge is 2.16. The minimum absolute atomic E-state index is 0.434. The first-order chi connectivity index (χ1) is 11.3. The Morgan fingerprint density at radius 3 is 2.65 bits per heavy atom. The van der Waals surface area contributed by atoms with E-state index in [1.807, 2.05) is 54.6 Å². The Bertz CT molecular complexity index is 969. The van der Waals surface area contributed by atoms with E-state index in [4.69, 9.17) is 16.1 Å². The predicted octanol–water partition coefficient (Wildman–Crippen LogP) is 4.68. The smallest absolute Gasteiger partial charge is 0.263 e. The maximum absolute atomic E-state index is 6.03. The number of nitrogens with zero attached hydrogens (tertiary/aromatic N) is 3. The fourth-order valence-electron chi connectivity index (χ4n) is 2.38. The summed E-state index contributed by atoms with van der Waals surface area (Å²) in [5.74, 6) is 0.623. The van der Waals surface area contributed by atoms with Crippen LogP contribution in [0.5, 0.6) is 0 Å². The van der Waals surface area contributed by atoms with Crippen molar-refractivity contribution in [3.05, 3.63) is 65.9 Å². The molecule has 0 saturated heterocycles. The summed E-state index contributed by atoms with van der Waals surface area (Å²) in [6.45, 7) is 0. The number of anilines is 2. The standard InChI is InChI=1S/C17H11ClN4O/c18-12-7-4-8-13(9-12)21-16-14-15(11-5-2-1-3-6-11)22-23-17(14)20-10-19-16/h1-10H,(H,19,20,21). The second kappa shape index (κ2) is 5.70. The van der Waals surface area contributed by atoms with Crippen LogP contribution in [-0.2, 0) is 0 Å². The fourth-order valence-corrected chi connectivity index (χ4v) is 2.57. The molecular weight excluding hydrogens is 312 g/mol. The molecule has 23 heavy (non-hydrogen) atoms. The van der Waals surface area contributed by atoms with Gasteiger partial charge in [0.15, 0.2) is 0 Å². The molecule has 5 nitrogen and oxygen atoms in total. The summed E-state index contributed by atoms with van der Waals surface area (Å²) in [4.78, 5) is 8.47. The molecule has 0 saturated carbocycles. The molecule has 1 N–H and O–H groups in total. The van der Waals surface area contributed by atoms with E-state index in [9.17, 15) is 0 Å². The zero-order valence-corrected chi connectivity index (χ0v) is 12.7. The average Bonchev–Trinajstić information content (AvgIpc) is 3.01. The van der Waals surface area contributed by atoms with Gasteiger partial charge < -0.3 is 9.84 Å². The van der Waals surface area contributed by atoms with Crippen LogP contribution in [0, 0.1) is 0 Å². The normalized spacial score (nSPS) is 10.8. The van der Waals surface area contributed by atoms with E-state index in [0.717, 1.165) is 16.6 Å². The molecule has 0 aliphatic carbocycles. The number of benzene rings is 2. The lowest BCUT2D eigenvalue weighted by Crippen LogP contribution is -1.95. The van der Waals surface area contributed by atoms with Crippen LogP contribution in [-0.4, -0.2) is 15.1 Å². The van der Waals surface area contributed by atoms with E-state index >= 15 is 0 Å². The molecule has 0 atom stereocenters. The van der Waals surface area contributed by atoms with Crippen molar-refractivity contribution in [3.8, 4) is 11.3 Å². The summed E-state index contributed by atoms with van der Waals surface area (Å²) in [6, 6.07) is 17.2. The molecule has 0 aliphatic heterocycles. The van der Waals surface area contributed by atoms with Gasteiger partial charge in [-0.2, -0.15) is 4.98 Å². The Hall–Kier alpha value is -2.92. The van der Waals surface area contributed by atoms with Gasteiger partial charge in [-0.3, -0.25) is 0 Å². The number of aromatic nitrogens is 3. The molecule has 4 rings (SSSR count). The molecule has 2 aromatic heterocycles. The Kier molecular flexibility index (Phi) is 3.40. The first-order valence-electron chi connectivity index (χ1n) is 6.99. The Morgan fingerprint density at radius 1 is 0.957 bits per heavy atom. The molecule has 0 bridgehead atoms. The van der Waals surface area contributed by atoms with Gasteiger partial charge in [0.2, 0.25) is 0 Å². The average molecular weight is 323 g/mol. The molecule has 0 aliphatic rings. The number of halogens is 1.